The number of anilines is 1. The largest absolute Gasteiger partial charge is 0.383 e. The first-order valence-electron chi connectivity index (χ1n) is 7.30. The Labute approximate surface area is 136 Å². The minimum Gasteiger partial charge on any atom is -0.383 e. The Morgan fingerprint density at radius 3 is 2.75 bits per heavy atom. The van der Waals surface area contributed by atoms with Gasteiger partial charge in [-0.25, -0.2) is 24.0 Å². The van der Waals surface area contributed by atoms with Gasteiger partial charge in [-0.1, -0.05) is 0 Å². The van der Waals surface area contributed by atoms with Crippen LogP contribution in [0.1, 0.15) is 5.56 Å². The predicted molar refractivity (Wildman–Crippen MR) is 89.0 cm³/mol. The molecule has 1 aromatic carbocycles. The van der Waals surface area contributed by atoms with Gasteiger partial charge in [0.15, 0.2) is 5.65 Å². The molecule has 0 aliphatic rings. The summed E-state index contributed by atoms with van der Waals surface area (Å²) >= 11 is 0. The van der Waals surface area contributed by atoms with Crippen LogP contribution in [0, 0.1) is 12.7 Å². The fourth-order valence-corrected chi connectivity index (χ4v) is 2.74. The number of benzene rings is 1. The third-order valence-electron chi connectivity index (χ3n) is 3.89. The summed E-state index contributed by atoms with van der Waals surface area (Å²) in [6.07, 6.45) is 6.47. The molecule has 0 saturated heterocycles. The van der Waals surface area contributed by atoms with Crippen molar-refractivity contribution in [1.29, 1.82) is 0 Å². The molecule has 0 amide bonds. The van der Waals surface area contributed by atoms with E-state index >= 15 is 0 Å². The van der Waals surface area contributed by atoms with Gasteiger partial charge in [0.2, 0.25) is 0 Å². The molecule has 0 unspecified atom stereocenters. The molecule has 4 rings (SSSR count). The molecule has 3 heterocycles. The van der Waals surface area contributed by atoms with Crippen LogP contribution in [0.2, 0.25) is 0 Å². The second-order valence-electron chi connectivity index (χ2n) is 5.40. The molecule has 0 bridgehead atoms. The van der Waals surface area contributed by atoms with Gasteiger partial charge in [-0.05, 0) is 36.8 Å². The van der Waals surface area contributed by atoms with Crippen LogP contribution in [0.15, 0.2) is 49.2 Å². The van der Waals surface area contributed by atoms with Gasteiger partial charge >= 0.3 is 0 Å². The summed E-state index contributed by atoms with van der Waals surface area (Å²) in [5, 5.41) is 5.24. The Bertz CT molecular complexity index is 1060. The Morgan fingerprint density at radius 2 is 1.96 bits per heavy atom. The summed E-state index contributed by atoms with van der Waals surface area (Å²) < 4.78 is 15.0. The van der Waals surface area contributed by atoms with Crippen molar-refractivity contribution in [1.82, 2.24) is 24.7 Å². The molecular weight excluding hydrogens is 307 g/mol. The van der Waals surface area contributed by atoms with Gasteiger partial charge in [-0.15, -0.1) is 0 Å². The number of fused-ring (bicyclic) bond motifs is 1. The first kappa shape index (κ1) is 14.3. The van der Waals surface area contributed by atoms with E-state index in [1.54, 1.807) is 29.3 Å². The molecule has 0 fully saturated rings. The van der Waals surface area contributed by atoms with Gasteiger partial charge in [-0.2, -0.15) is 5.10 Å². The van der Waals surface area contributed by atoms with Gasteiger partial charge in [0, 0.05) is 28.9 Å². The van der Waals surface area contributed by atoms with Gasteiger partial charge in [0.25, 0.3) is 0 Å². The zero-order valence-corrected chi connectivity index (χ0v) is 12.8. The Hall–Kier alpha value is -3.35. The van der Waals surface area contributed by atoms with Crippen LogP contribution in [0.3, 0.4) is 0 Å². The minimum absolute atomic E-state index is 0.282. The van der Waals surface area contributed by atoms with Crippen molar-refractivity contribution in [3.05, 3.63) is 60.6 Å². The highest BCUT2D eigenvalue weighted by Crippen LogP contribution is 2.31. The lowest BCUT2D eigenvalue weighted by molar-refractivity contribution is 0.625. The van der Waals surface area contributed by atoms with Crippen LogP contribution in [-0.2, 0) is 0 Å². The summed E-state index contributed by atoms with van der Waals surface area (Å²) in [6, 6.07) is 6.41. The van der Waals surface area contributed by atoms with Crippen molar-refractivity contribution >= 4 is 16.9 Å². The van der Waals surface area contributed by atoms with Crippen LogP contribution in [-0.4, -0.2) is 24.7 Å². The summed E-state index contributed by atoms with van der Waals surface area (Å²) in [4.78, 5) is 12.5. The third-order valence-corrected chi connectivity index (χ3v) is 3.89. The molecule has 0 radical (unpaired) electrons. The molecule has 0 aliphatic heterocycles. The van der Waals surface area contributed by atoms with Crippen molar-refractivity contribution in [2.45, 2.75) is 6.92 Å². The summed E-state index contributed by atoms with van der Waals surface area (Å²) in [7, 11) is 0. The van der Waals surface area contributed by atoms with E-state index in [0.717, 1.165) is 27.8 Å². The number of nitrogens with zero attached hydrogens (tertiary/aromatic N) is 5. The number of halogens is 1. The van der Waals surface area contributed by atoms with Crippen molar-refractivity contribution in [3.8, 4) is 16.8 Å². The van der Waals surface area contributed by atoms with Crippen LogP contribution >= 0.6 is 0 Å². The summed E-state index contributed by atoms with van der Waals surface area (Å²) in [5.74, 6) is 0.110. The second-order valence-corrected chi connectivity index (χ2v) is 5.40. The maximum atomic E-state index is 13.4. The fourth-order valence-electron chi connectivity index (χ4n) is 2.74. The van der Waals surface area contributed by atoms with E-state index in [1.165, 1.54) is 18.5 Å². The van der Waals surface area contributed by atoms with Gasteiger partial charge in [0.1, 0.15) is 18.0 Å². The molecule has 6 nitrogen and oxygen atoms in total. The quantitative estimate of drug-likeness (QED) is 0.614. The average Bonchev–Trinajstić information content (AvgIpc) is 2.99. The SMILES string of the molecule is Cc1cc(F)ccc1-n1ncc2c(-c3cncnc3N)ccnc21. The lowest BCUT2D eigenvalue weighted by Gasteiger charge is -2.08. The standard InChI is InChI=1S/C17H13FN6/c1-10-6-11(18)2-3-15(10)24-17-14(8-23-24)12(4-5-21-17)13-7-20-9-22-16(13)19/h2-9H,1H3,(H2,19,20,22). The number of aromatic nitrogens is 5. The van der Waals surface area contributed by atoms with E-state index in [1.807, 2.05) is 13.0 Å². The number of nitrogens with two attached hydrogens (primary N) is 1. The number of hydrogen-bond donors (Lipinski definition) is 1. The number of pyridine rings is 1. The topological polar surface area (TPSA) is 82.5 Å². The van der Waals surface area contributed by atoms with Gasteiger partial charge in [0.05, 0.1) is 11.9 Å². The van der Waals surface area contributed by atoms with Crippen molar-refractivity contribution in [2.75, 3.05) is 5.73 Å². The Kier molecular flexibility index (Phi) is 3.19. The van der Waals surface area contributed by atoms with Gasteiger partial charge < -0.3 is 5.73 Å². The Morgan fingerprint density at radius 1 is 1.08 bits per heavy atom. The van der Waals surface area contributed by atoms with E-state index in [0.29, 0.717) is 11.5 Å². The zero-order chi connectivity index (χ0) is 16.7. The normalized spacial score (nSPS) is 11.1. The first-order chi connectivity index (χ1) is 11.6. The van der Waals surface area contributed by atoms with E-state index < -0.39 is 0 Å². The monoisotopic (exact) mass is 320 g/mol. The molecular formula is C17H13FN6. The van der Waals surface area contributed by atoms with Crippen LogP contribution in [0.5, 0.6) is 0 Å². The maximum absolute atomic E-state index is 13.4. The molecule has 2 N–H and O–H groups in total. The Balaban J connectivity index is 1.96. The molecule has 24 heavy (non-hydrogen) atoms. The number of rotatable bonds is 2. The average molecular weight is 320 g/mol. The molecule has 0 saturated carbocycles. The molecule has 0 spiro atoms. The maximum Gasteiger partial charge on any atom is 0.163 e. The minimum atomic E-state index is -0.282. The fraction of sp³-hybridized carbons (Fsp3) is 0.0588. The zero-order valence-electron chi connectivity index (χ0n) is 12.8. The van der Waals surface area contributed by atoms with E-state index in [4.69, 9.17) is 5.73 Å². The van der Waals surface area contributed by atoms with E-state index in [2.05, 4.69) is 20.1 Å². The second kappa shape index (κ2) is 5.38. The molecule has 0 atom stereocenters. The highest BCUT2D eigenvalue weighted by molar-refractivity contribution is 5.95. The van der Waals surface area contributed by atoms with Crippen molar-refractivity contribution in [3.63, 3.8) is 0 Å². The summed E-state index contributed by atoms with van der Waals surface area (Å²) in [5.41, 5.74) is 9.74. The van der Waals surface area contributed by atoms with Gasteiger partial charge in [-0.3, -0.25) is 0 Å². The highest BCUT2D eigenvalue weighted by Gasteiger charge is 2.14. The number of aryl methyl sites for hydroxylation is 1. The summed E-state index contributed by atoms with van der Waals surface area (Å²) in [6.45, 7) is 1.83. The lowest BCUT2D eigenvalue weighted by Crippen LogP contribution is -2.01. The predicted octanol–water partition coefficient (Wildman–Crippen LogP) is 2.91. The smallest absolute Gasteiger partial charge is 0.163 e. The molecule has 4 aromatic rings. The molecule has 118 valence electrons. The molecule has 3 aromatic heterocycles. The lowest BCUT2D eigenvalue weighted by atomic mass is 10.1. The van der Waals surface area contributed by atoms with E-state index in [-0.39, 0.29) is 5.82 Å². The van der Waals surface area contributed by atoms with Crippen LogP contribution in [0.25, 0.3) is 27.8 Å². The van der Waals surface area contributed by atoms with Crippen LogP contribution in [0.4, 0.5) is 10.2 Å². The molecule has 0 aliphatic carbocycles. The van der Waals surface area contributed by atoms with E-state index in [9.17, 15) is 4.39 Å². The third kappa shape index (κ3) is 2.18. The number of hydrogen-bond acceptors (Lipinski definition) is 5. The first-order valence-corrected chi connectivity index (χ1v) is 7.30. The van der Waals surface area contributed by atoms with Crippen molar-refractivity contribution in [2.24, 2.45) is 0 Å². The highest BCUT2D eigenvalue weighted by atomic mass is 19.1. The number of nitrogen functional groups attached to an aromatic ring is 1. The molecule has 7 heteroatoms. The van der Waals surface area contributed by atoms with Crippen LogP contribution < -0.4 is 5.73 Å². The van der Waals surface area contributed by atoms with Crippen molar-refractivity contribution < 1.29 is 4.39 Å².